The van der Waals surface area contributed by atoms with Gasteiger partial charge >= 0.3 is 0 Å². The zero-order valence-electron chi connectivity index (χ0n) is 10.0. The molecule has 4 heteroatoms. The number of nitrogens with zero attached hydrogens (tertiary/aromatic N) is 1. The predicted molar refractivity (Wildman–Crippen MR) is 72.8 cm³/mol. The molecule has 1 amide bonds. The minimum Gasteiger partial charge on any atom is -0.361 e. The highest BCUT2D eigenvalue weighted by Crippen LogP contribution is 2.20. The van der Waals surface area contributed by atoms with Crippen molar-refractivity contribution in [1.82, 2.24) is 9.88 Å². The number of hydrogen-bond donors (Lipinski definition) is 1. The molecule has 3 nitrogen and oxygen atoms in total. The zero-order chi connectivity index (χ0) is 12.5. The lowest BCUT2D eigenvalue weighted by molar-refractivity contribution is -0.127. The topological polar surface area (TPSA) is 36.1 Å². The smallest absolute Gasteiger partial charge is 0.224 e. The molecule has 1 unspecified atom stereocenters. The number of alkyl halides is 1. The van der Waals surface area contributed by atoms with Gasteiger partial charge in [0.2, 0.25) is 5.91 Å². The van der Waals surface area contributed by atoms with Gasteiger partial charge in [-0.15, -0.1) is 11.6 Å². The molecule has 1 atom stereocenters. The second-order valence-electron chi connectivity index (χ2n) is 4.75. The Kier molecular flexibility index (Phi) is 3.00. The number of likely N-dealkylation sites (tertiary alicyclic amines) is 1. The molecule has 18 heavy (non-hydrogen) atoms. The first-order valence-corrected chi connectivity index (χ1v) is 6.64. The van der Waals surface area contributed by atoms with Gasteiger partial charge < -0.3 is 9.88 Å². The van der Waals surface area contributed by atoms with E-state index in [9.17, 15) is 4.79 Å². The van der Waals surface area contributed by atoms with Crippen molar-refractivity contribution in [2.45, 2.75) is 18.2 Å². The standard InChI is InChI=1S/C14H15ClN2O/c15-11-8-14(18)17(9-11)7-5-10-2-1-3-13-12(10)4-6-16-13/h1-4,6,11,16H,5,7-9H2. The fourth-order valence-corrected chi connectivity index (χ4v) is 2.86. The summed E-state index contributed by atoms with van der Waals surface area (Å²) >= 11 is 5.99. The lowest BCUT2D eigenvalue weighted by Crippen LogP contribution is -2.27. The second-order valence-corrected chi connectivity index (χ2v) is 5.36. The maximum atomic E-state index is 11.7. The molecular formula is C14H15ClN2O. The van der Waals surface area contributed by atoms with E-state index in [1.165, 1.54) is 10.9 Å². The van der Waals surface area contributed by atoms with Gasteiger partial charge in [-0.2, -0.15) is 0 Å². The molecule has 2 heterocycles. The third kappa shape index (κ3) is 2.10. The van der Waals surface area contributed by atoms with E-state index in [1.54, 1.807) is 0 Å². The van der Waals surface area contributed by atoms with Crippen LogP contribution in [-0.4, -0.2) is 34.3 Å². The lowest BCUT2D eigenvalue weighted by Gasteiger charge is -2.15. The number of hydrogen-bond acceptors (Lipinski definition) is 1. The van der Waals surface area contributed by atoms with E-state index >= 15 is 0 Å². The van der Waals surface area contributed by atoms with Crippen LogP contribution in [0.2, 0.25) is 0 Å². The van der Waals surface area contributed by atoms with Gasteiger partial charge in [0, 0.05) is 36.6 Å². The molecule has 0 radical (unpaired) electrons. The Bertz CT molecular complexity index is 578. The summed E-state index contributed by atoms with van der Waals surface area (Å²) in [5.74, 6) is 0.177. The second kappa shape index (κ2) is 4.65. The summed E-state index contributed by atoms with van der Waals surface area (Å²) in [4.78, 5) is 16.7. The molecule has 1 N–H and O–H groups in total. The molecule has 2 aromatic rings. The van der Waals surface area contributed by atoms with Gasteiger partial charge in [0.1, 0.15) is 0 Å². The van der Waals surface area contributed by atoms with Gasteiger partial charge in [-0.3, -0.25) is 4.79 Å². The summed E-state index contributed by atoms with van der Waals surface area (Å²) in [6.45, 7) is 1.44. The van der Waals surface area contributed by atoms with Gasteiger partial charge in [-0.05, 0) is 24.1 Å². The minimum atomic E-state index is -0.0134. The van der Waals surface area contributed by atoms with E-state index < -0.39 is 0 Å². The molecule has 1 aromatic carbocycles. The number of benzene rings is 1. The number of fused-ring (bicyclic) bond motifs is 1. The number of aromatic nitrogens is 1. The van der Waals surface area contributed by atoms with Crippen LogP contribution in [0.15, 0.2) is 30.5 Å². The summed E-state index contributed by atoms with van der Waals surface area (Å²) in [6.07, 6.45) is 3.31. The number of H-pyrrole nitrogens is 1. The van der Waals surface area contributed by atoms with Crippen LogP contribution in [0.3, 0.4) is 0 Å². The van der Waals surface area contributed by atoms with Crippen molar-refractivity contribution in [3.8, 4) is 0 Å². The molecule has 0 bridgehead atoms. The molecule has 0 aliphatic carbocycles. The van der Waals surface area contributed by atoms with Gasteiger partial charge in [0.25, 0.3) is 0 Å². The summed E-state index contributed by atoms with van der Waals surface area (Å²) in [7, 11) is 0. The number of nitrogens with one attached hydrogen (secondary N) is 1. The van der Waals surface area contributed by atoms with Crippen molar-refractivity contribution in [3.63, 3.8) is 0 Å². The predicted octanol–water partition coefficient (Wildman–Crippen LogP) is 2.55. The van der Waals surface area contributed by atoms with E-state index in [2.05, 4.69) is 23.2 Å². The molecule has 94 valence electrons. The first kappa shape index (κ1) is 11.6. The van der Waals surface area contributed by atoms with Crippen molar-refractivity contribution >= 4 is 28.4 Å². The Balaban J connectivity index is 1.73. The molecule has 0 spiro atoms. The molecule has 0 saturated carbocycles. The van der Waals surface area contributed by atoms with E-state index in [0.29, 0.717) is 13.0 Å². The number of aromatic amines is 1. The van der Waals surface area contributed by atoms with Crippen molar-refractivity contribution < 1.29 is 4.79 Å². The molecule has 1 saturated heterocycles. The average Bonchev–Trinajstić information content (AvgIpc) is 2.93. The SMILES string of the molecule is O=C1CC(Cl)CN1CCc1cccc2[nH]ccc12. The number of carbonyl (C=O) groups excluding carboxylic acids is 1. The summed E-state index contributed by atoms with van der Waals surface area (Å²) in [5.41, 5.74) is 2.43. The van der Waals surface area contributed by atoms with E-state index in [0.717, 1.165) is 18.5 Å². The summed E-state index contributed by atoms with van der Waals surface area (Å²) in [6, 6.07) is 8.31. The van der Waals surface area contributed by atoms with Gasteiger partial charge in [-0.1, -0.05) is 12.1 Å². The zero-order valence-corrected chi connectivity index (χ0v) is 10.8. The Morgan fingerprint density at radius 1 is 1.39 bits per heavy atom. The Morgan fingerprint density at radius 2 is 2.28 bits per heavy atom. The number of carbonyl (C=O) groups is 1. The third-order valence-electron chi connectivity index (χ3n) is 3.50. The van der Waals surface area contributed by atoms with Crippen LogP contribution >= 0.6 is 11.6 Å². The lowest BCUT2D eigenvalue weighted by atomic mass is 10.1. The van der Waals surface area contributed by atoms with Crippen molar-refractivity contribution in [3.05, 3.63) is 36.0 Å². The average molecular weight is 263 g/mol. The quantitative estimate of drug-likeness (QED) is 0.848. The molecule has 3 rings (SSSR count). The fraction of sp³-hybridized carbons (Fsp3) is 0.357. The Morgan fingerprint density at radius 3 is 3.06 bits per heavy atom. The van der Waals surface area contributed by atoms with Crippen LogP contribution in [0.1, 0.15) is 12.0 Å². The number of amides is 1. The van der Waals surface area contributed by atoms with Crippen LogP contribution in [0, 0.1) is 0 Å². The monoisotopic (exact) mass is 262 g/mol. The van der Waals surface area contributed by atoms with E-state index in [-0.39, 0.29) is 11.3 Å². The highest BCUT2D eigenvalue weighted by molar-refractivity contribution is 6.22. The maximum Gasteiger partial charge on any atom is 0.224 e. The first-order valence-electron chi connectivity index (χ1n) is 6.21. The van der Waals surface area contributed by atoms with Crippen LogP contribution in [-0.2, 0) is 11.2 Å². The Hall–Kier alpha value is -1.48. The van der Waals surface area contributed by atoms with Crippen molar-refractivity contribution in [2.75, 3.05) is 13.1 Å². The number of rotatable bonds is 3. The van der Waals surface area contributed by atoms with Gasteiger partial charge in [-0.25, -0.2) is 0 Å². The summed E-state index contributed by atoms with van der Waals surface area (Å²) < 4.78 is 0. The van der Waals surface area contributed by atoms with Crippen molar-refractivity contribution in [1.29, 1.82) is 0 Å². The normalized spacial score (nSPS) is 19.9. The molecule has 1 fully saturated rings. The maximum absolute atomic E-state index is 11.7. The van der Waals surface area contributed by atoms with Crippen molar-refractivity contribution in [2.24, 2.45) is 0 Å². The largest absolute Gasteiger partial charge is 0.361 e. The van der Waals surface area contributed by atoms with Gasteiger partial charge in [0.15, 0.2) is 0 Å². The summed E-state index contributed by atoms with van der Waals surface area (Å²) in [5, 5.41) is 1.23. The molecule has 1 aliphatic heterocycles. The van der Waals surface area contributed by atoms with Gasteiger partial charge in [0.05, 0.1) is 5.38 Å². The van der Waals surface area contributed by atoms with Crippen LogP contribution in [0.5, 0.6) is 0 Å². The first-order chi connectivity index (χ1) is 8.74. The molecule has 1 aromatic heterocycles. The molecular weight excluding hydrogens is 248 g/mol. The minimum absolute atomic E-state index is 0.0134. The third-order valence-corrected chi connectivity index (χ3v) is 3.80. The highest BCUT2D eigenvalue weighted by Gasteiger charge is 2.27. The molecule has 1 aliphatic rings. The van der Waals surface area contributed by atoms with Crippen LogP contribution < -0.4 is 0 Å². The van der Waals surface area contributed by atoms with E-state index in [4.69, 9.17) is 11.6 Å². The Labute approximate surface area is 111 Å². The van der Waals surface area contributed by atoms with Crippen LogP contribution in [0.25, 0.3) is 10.9 Å². The fourth-order valence-electron chi connectivity index (χ4n) is 2.56. The number of halogens is 1. The van der Waals surface area contributed by atoms with Crippen LogP contribution in [0.4, 0.5) is 0 Å². The van der Waals surface area contributed by atoms with E-state index in [1.807, 2.05) is 17.2 Å². The highest BCUT2D eigenvalue weighted by atomic mass is 35.5.